The Labute approximate surface area is 150 Å². The smallest absolute Gasteiger partial charge is 0.0621 e. The molecule has 2 nitrogen and oxygen atoms in total. The number of rotatable bonds is 14. The van der Waals surface area contributed by atoms with Gasteiger partial charge in [-0.15, -0.1) is 0 Å². The van der Waals surface area contributed by atoms with Gasteiger partial charge in [0.1, 0.15) is 0 Å². The largest absolute Gasteiger partial charge is 0.261 e. The van der Waals surface area contributed by atoms with Crippen molar-refractivity contribution < 1.29 is 0 Å². The molecule has 1 heterocycles. The summed E-state index contributed by atoms with van der Waals surface area (Å²) in [5, 5.41) is 0. The Balaban J connectivity index is 2.88. The topological polar surface area (TPSA) is 25.8 Å². The Morgan fingerprint density at radius 2 is 0.958 bits per heavy atom. The lowest BCUT2D eigenvalue weighted by molar-refractivity contribution is 0.492. The van der Waals surface area contributed by atoms with E-state index >= 15 is 0 Å². The highest BCUT2D eigenvalue weighted by Crippen LogP contribution is 2.30. The van der Waals surface area contributed by atoms with Crippen molar-refractivity contribution in [3.05, 3.63) is 23.8 Å². The van der Waals surface area contributed by atoms with E-state index in [0.29, 0.717) is 11.8 Å². The molecular formula is C22H40N2. The lowest BCUT2D eigenvalue weighted by Crippen LogP contribution is -2.09. The van der Waals surface area contributed by atoms with Gasteiger partial charge in [0.15, 0.2) is 0 Å². The van der Waals surface area contributed by atoms with Crippen LogP contribution in [0.2, 0.25) is 0 Å². The van der Waals surface area contributed by atoms with Crippen LogP contribution in [0.5, 0.6) is 0 Å². The van der Waals surface area contributed by atoms with Crippen molar-refractivity contribution in [3.8, 4) is 0 Å². The number of nitrogens with zero attached hydrogens (tertiary/aromatic N) is 2. The van der Waals surface area contributed by atoms with Crippen molar-refractivity contribution in [1.82, 2.24) is 9.97 Å². The van der Waals surface area contributed by atoms with E-state index in [1.54, 1.807) is 0 Å². The van der Waals surface area contributed by atoms with Crippen LogP contribution in [0.15, 0.2) is 12.4 Å². The molecule has 1 rings (SSSR count). The first-order chi connectivity index (χ1) is 11.8. The van der Waals surface area contributed by atoms with Gasteiger partial charge < -0.3 is 0 Å². The van der Waals surface area contributed by atoms with Crippen LogP contribution >= 0.6 is 0 Å². The minimum absolute atomic E-state index is 0.607. The van der Waals surface area contributed by atoms with E-state index in [9.17, 15) is 0 Å². The molecule has 0 saturated carbocycles. The van der Waals surface area contributed by atoms with Gasteiger partial charge in [0.05, 0.1) is 11.4 Å². The van der Waals surface area contributed by atoms with E-state index < -0.39 is 0 Å². The SMILES string of the molecule is CCCCC(CCCC)c1cncc(C(CCCC)CCCC)n1. The molecule has 0 saturated heterocycles. The van der Waals surface area contributed by atoms with E-state index in [-0.39, 0.29) is 0 Å². The fourth-order valence-electron chi connectivity index (χ4n) is 3.47. The van der Waals surface area contributed by atoms with Gasteiger partial charge in [0.25, 0.3) is 0 Å². The Morgan fingerprint density at radius 3 is 1.25 bits per heavy atom. The number of hydrogen-bond acceptors (Lipinski definition) is 2. The van der Waals surface area contributed by atoms with E-state index in [4.69, 9.17) is 4.98 Å². The summed E-state index contributed by atoms with van der Waals surface area (Å²) in [7, 11) is 0. The monoisotopic (exact) mass is 332 g/mol. The second-order valence-corrected chi connectivity index (χ2v) is 7.33. The predicted octanol–water partition coefficient (Wildman–Crippen LogP) is 7.40. The summed E-state index contributed by atoms with van der Waals surface area (Å²) in [6, 6.07) is 0. The molecule has 0 spiro atoms. The maximum Gasteiger partial charge on any atom is 0.0621 e. The summed E-state index contributed by atoms with van der Waals surface area (Å²) in [4.78, 5) is 9.72. The molecule has 0 aromatic carbocycles. The third-order valence-electron chi connectivity index (χ3n) is 5.13. The van der Waals surface area contributed by atoms with Crippen molar-refractivity contribution in [3.63, 3.8) is 0 Å². The molecule has 0 amide bonds. The molecule has 24 heavy (non-hydrogen) atoms. The van der Waals surface area contributed by atoms with Gasteiger partial charge in [0.2, 0.25) is 0 Å². The molecule has 0 radical (unpaired) electrons. The molecule has 0 atom stereocenters. The van der Waals surface area contributed by atoms with Crippen LogP contribution < -0.4 is 0 Å². The molecule has 0 N–H and O–H groups in total. The number of hydrogen-bond donors (Lipinski definition) is 0. The third kappa shape index (κ3) is 7.77. The van der Waals surface area contributed by atoms with Crippen molar-refractivity contribution in [2.45, 2.75) is 117 Å². The van der Waals surface area contributed by atoms with E-state index in [2.05, 4.69) is 32.7 Å². The van der Waals surface area contributed by atoms with Gasteiger partial charge in [-0.25, -0.2) is 0 Å². The average molecular weight is 333 g/mol. The predicted molar refractivity (Wildman–Crippen MR) is 106 cm³/mol. The van der Waals surface area contributed by atoms with E-state index in [1.807, 2.05) is 12.4 Å². The Kier molecular flexibility index (Phi) is 11.8. The van der Waals surface area contributed by atoms with Gasteiger partial charge in [-0.05, 0) is 25.7 Å². The van der Waals surface area contributed by atoms with E-state index in [0.717, 1.165) is 0 Å². The molecule has 1 aromatic heterocycles. The highest BCUT2D eigenvalue weighted by molar-refractivity contribution is 5.12. The Hall–Kier alpha value is -0.920. The maximum absolute atomic E-state index is 5.12. The normalized spacial score (nSPS) is 11.6. The van der Waals surface area contributed by atoms with Crippen molar-refractivity contribution >= 4 is 0 Å². The molecule has 138 valence electrons. The molecule has 2 heteroatoms. The molecule has 0 aliphatic rings. The second-order valence-electron chi connectivity index (χ2n) is 7.33. The first-order valence-corrected chi connectivity index (χ1v) is 10.6. The summed E-state index contributed by atoms with van der Waals surface area (Å²) in [6.07, 6.45) is 19.4. The van der Waals surface area contributed by atoms with Crippen LogP contribution in [0, 0.1) is 0 Å². The maximum atomic E-state index is 5.12. The molecule has 0 aliphatic carbocycles. The zero-order valence-corrected chi connectivity index (χ0v) is 16.7. The summed E-state index contributed by atoms with van der Waals surface area (Å²) < 4.78 is 0. The van der Waals surface area contributed by atoms with Crippen LogP contribution in [-0.4, -0.2) is 9.97 Å². The summed E-state index contributed by atoms with van der Waals surface area (Å²) >= 11 is 0. The van der Waals surface area contributed by atoms with Crippen LogP contribution in [0.1, 0.15) is 128 Å². The van der Waals surface area contributed by atoms with Crippen LogP contribution in [0.25, 0.3) is 0 Å². The first-order valence-electron chi connectivity index (χ1n) is 10.6. The molecule has 1 aromatic rings. The summed E-state index contributed by atoms with van der Waals surface area (Å²) in [6.45, 7) is 9.13. The Bertz CT molecular complexity index is 365. The van der Waals surface area contributed by atoms with Crippen molar-refractivity contribution in [1.29, 1.82) is 0 Å². The van der Waals surface area contributed by atoms with Gasteiger partial charge in [0, 0.05) is 24.2 Å². The molecular weight excluding hydrogens is 292 g/mol. The minimum atomic E-state index is 0.607. The Morgan fingerprint density at radius 1 is 0.625 bits per heavy atom. The molecule has 0 aliphatic heterocycles. The van der Waals surface area contributed by atoms with Crippen LogP contribution in [-0.2, 0) is 0 Å². The van der Waals surface area contributed by atoms with Crippen LogP contribution in [0.4, 0.5) is 0 Å². The molecule has 0 fully saturated rings. The van der Waals surface area contributed by atoms with Gasteiger partial charge in [-0.1, -0.05) is 79.1 Å². The quantitative estimate of drug-likeness (QED) is 0.354. The molecule has 0 unspecified atom stereocenters. The zero-order chi connectivity index (χ0) is 17.6. The zero-order valence-electron chi connectivity index (χ0n) is 16.7. The first kappa shape index (κ1) is 21.1. The minimum Gasteiger partial charge on any atom is -0.261 e. The van der Waals surface area contributed by atoms with Crippen molar-refractivity contribution in [2.24, 2.45) is 0 Å². The van der Waals surface area contributed by atoms with Gasteiger partial charge in [-0.2, -0.15) is 0 Å². The fraction of sp³-hybridized carbons (Fsp3) is 0.818. The fourth-order valence-corrected chi connectivity index (χ4v) is 3.47. The number of unbranched alkanes of at least 4 members (excludes halogenated alkanes) is 4. The second kappa shape index (κ2) is 13.4. The number of aromatic nitrogens is 2. The summed E-state index contributed by atoms with van der Waals surface area (Å²) in [5.74, 6) is 1.21. The van der Waals surface area contributed by atoms with Gasteiger partial charge in [-0.3, -0.25) is 9.97 Å². The highest BCUT2D eigenvalue weighted by atomic mass is 14.8. The van der Waals surface area contributed by atoms with Gasteiger partial charge >= 0.3 is 0 Å². The van der Waals surface area contributed by atoms with E-state index in [1.165, 1.54) is 88.4 Å². The van der Waals surface area contributed by atoms with Crippen molar-refractivity contribution in [2.75, 3.05) is 0 Å². The lowest BCUT2D eigenvalue weighted by atomic mass is 9.91. The summed E-state index contributed by atoms with van der Waals surface area (Å²) in [5.41, 5.74) is 2.51. The lowest BCUT2D eigenvalue weighted by Gasteiger charge is -2.20. The van der Waals surface area contributed by atoms with Crippen LogP contribution in [0.3, 0.4) is 0 Å². The average Bonchev–Trinajstić information content (AvgIpc) is 2.62. The standard InChI is InChI=1S/C22H40N2/c1-5-9-13-19(14-10-6-2)21-17-23-18-22(24-21)20(15-11-7-3)16-12-8-4/h17-20H,5-16H2,1-4H3. The highest BCUT2D eigenvalue weighted by Gasteiger charge is 2.17. The molecule has 0 bridgehead atoms. The third-order valence-corrected chi connectivity index (χ3v) is 5.13.